The number of ether oxygens (including phenoxy) is 1. The quantitative estimate of drug-likeness (QED) is 0.718. The summed E-state index contributed by atoms with van der Waals surface area (Å²) in [5.74, 6) is 0.943. The Bertz CT molecular complexity index is 425. The molecule has 0 radical (unpaired) electrons. The van der Waals surface area contributed by atoms with Gasteiger partial charge in [0.15, 0.2) is 0 Å². The summed E-state index contributed by atoms with van der Waals surface area (Å²) in [6.07, 6.45) is 2.21. The van der Waals surface area contributed by atoms with Crippen molar-refractivity contribution in [2.24, 2.45) is 5.73 Å². The van der Waals surface area contributed by atoms with Gasteiger partial charge in [-0.15, -0.1) is 0 Å². The van der Waals surface area contributed by atoms with Crippen LogP contribution in [0.15, 0.2) is 24.3 Å². The molecule has 0 heterocycles. The molecule has 4 heteroatoms. The van der Waals surface area contributed by atoms with Crippen LogP contribution in [0.5, 0.6) is 5.75 Å². The molecular formula is C16H26N2O2. The van der Waals surface area contributed by atoms with Crippen LogP contribution in [-0.4, -0.2) is 24.6 Å². The van der Waals surface area contributed by atoms with Crippen LogP contribution in [0, 0.1) is 6.92 Å². The van der Waals surface area contributed by atoms with Crippen molar-refractivity contribution >= 4 is 5.91 Å². The summed E-state index contributed by atoms with van der Waals surface area (Å²) in [4.78, 5) is 11.6. The molecule has 0 saturated carbocycles. The van der Waals surface area contributed by atoms with Crippen molar-refractivity contribution in [2.45, 2.75) is 45.6 Å². The van der Waals surface area contributed by atoms with Crippen molar-refractivity contribution in [1.29, 1.82) is 0 Å². The topological polar surface area (TPSA) is 64.3 Å². The first-order valence-electron chi connectivity index (χ1n) is 7.12. The van der Waals surface area contributed by atoms with Gasteiger partial charge in [-0.05, 0) is 51.3 Å². The zero-order valence-electron chi connectivity index (χ0n) is 12.7. The maximum absolute atomic E-state index is 11.6. The molecule has 1 aromatic rings. The van der Waals surface area contributed by atoms with E-state index in [1.807, 2.05) is 45.0 Å². The van der Waals surface area contributed by atoms with Gasteiger partial charge in [0.25, 0.3) is 0 Å². The highest BCUT2D eigenvalue weighted by Gasteiger charge is 2.11. The minimum atomic E-state index is -0.357. The highest BCUT2D eigenvalue weighted by Crippen LogP contribution is 2.12. The van der Waals surface area contributed by atoms with Gasteiger partial charge in [0.05, 0.1) is 6.61 Å². The minimum absolute atomic E-state index is 0.0547. The maximum atomic E-state index is 11.6. The molecule has 0 fully saturated rings. The van der Waals surface area contributed by atoms with Gasteiger partial charge < -0.3 is 15.8 Å². The average Bonchev–Trinajstić information content (AvgIpc) is 2.35. The molecule has 0 saturated heterocycles. The van der Waals surface area contributed by atoms with Gasteiger partial charge in [-0.3, -0.25) is 4.79 Å². The van der Waals surface area contributed by atoms with Crippen molar-refractivity contribution in [3.63, 3.8) is 0 Å². The molecule has 0 aliphatic carbocycles. The Kier molecular flexibility index (Phi) is 6.52. The highest BCUT2D eigenvalue weighted by atomic mass is 16.5. The fourth-order valence-electron chi connectivity index (χ4n) is 1.70. The van der Waals surface area contributed by atoms with Gasteiger partial charge in [0.1, 0.15) is 5.75 Å². The highest BCUT2D eigenvalue weighted by molar-refractivity contribution is 5.75. The first-order valence-corrected chi connectivity index (χ1v) is 7.12. The summed E-state index contributed by atoms with van der Waals surface area (Å²) in [7, 11) is 0. The number of hydrogen-bond donors (Lipinski definition) is 2. The number of benzene rings is 1. The Labute approximate surface area is 121 Å². The second kappa shape index (κ2) is 7.90. The van der Waals surface area contributed by atoms with E-state index in [1.165, 1.54) is 5.56 Å². The number of carbonyl (C=O) groups is 1. The van der Waals surface area contributed by atoms with Gasteiger partial charge in [-0.1, -0.05) is 12.1 Å². The third-order valence-corrected chi connectivity index (χ3v) is 2.80. The molecule has 1 rings (SSSR count). The molecule has 0 aromatic heterocycles. The Balaban J connectivity index is 2.09. The minimum Gasteiger partial charge on any atom is -0.494 e. The van der Waals surface area contributed by atoms with Crippen LogP contribution in [-0.2, 0) is 4.79 Å². The number of nitrogens with two attached hydrogens (primary N) is 1. The number of unbranched alkanes of at least 4 members (excludes halogenated alkanes) is 1. The SMILES string of the molecule is Cc1cccc(OCCCCC(=O)NCC(C)(C)N)c1. The Morgan fingerprint density at radius 1 is 1.35 bits per heavy atom. The van der Waals surface area contributed by atoms with E-state index < -0.39 is 0 Å². The van der Waals surface area contributed by atoms with Gasteiger partial charge in [-0.25, -0.2) is 0 Å². The first kappa shape index (κ1) is 16.5. The van der Waals surface area contributed by atoms with E-state index in [0.717, 1.165) is 18.6 Å². The summed E-state index contributed by atoms with van der Waals surface area (Å²) in [5.41, 5.74) is 6.63. The Morgan fingerprint density at radius 2 is 2.10 bits per heavy atom. The van der Waals surface area contributed by atoms with Gasteiger partial charge in [-0.2, -0.15) is 0 Å². The van der Waals surface area contributed by atoms with Gasteiger partial charge in [0, 0.05) is 18.5 Å². The van der Waals surface area contributed by atoms with Crippen molar-refractivity contribution < 1.29 is 9.53 Å². The van der Waals surface area contributed by atoms with Crippen LogP contribution >= 0.6 is 0 Å². The number of carbonyl (C=O) groups excluding carboxylic acids is 1. The first-order chi connectivity index (χ1) is 9.37. The Hall–Kier alpha value is -1.55. The van der Waals surface area contributed by atoms with Crippen LogP contribution in [0.1, 0.15) is 38.7 Å². The zero-order valence-corrected chi connectivity index (χ0v) is 12.7. The van der Waals surface area contributed by atoms with Crippen LogP contribution in [0.4, 0.5) is 0 Å². The lowest BCUT2D eigenvalue weighted by atomic mass is 10.1. The number of nitrogens with one attached hydrogen (secondary N) is 1. The van der Waals surface area contributed by atoms with E-state index in [9.17, 15) is 4.79 Å². The van der Waals surface area contributed by atoms with E-state index in [1.54, 1.807) is 0 Å². The fraction of sp³-hybridized carbons (Fsp3) is 0.562. The molecule has 112 valence electrons. The van der Waals surface area contributed by atoms with Gasteiger partial charge in [0.2, 0.25) is 5.91 Å². The summed E-state index contributed by atoms with van der Waals surface area (Å²) in [6, 6.07) is 7.97. The lowest BCUT2D eigenvalue weighted by Gasteiger charge is -2.18. The largest absolute Gasteiger partial charge is 0.494 e. The molecule has 0 atom stereocenters. The molecule has 20 heavy (non-hydrogen) atoms. The van der Waals surface area contributed by atoms with Crippen molar-refractivity contribution in [3.05, 3.63) is 29.8 Å². The summed E-state index contributed by atoms with van der Waals surface area (Å²) in [6.45, 7) is 6.97. The van der Waals surface area contributed by atoms with E-state index in [4.69, 9.17) is 10.5 Å². The molecule has 0 aliphatic rings. The van der Waals surface area contributed by atoms with E-state index in [0.29, 0.717) is 19.6 Å². The number of hydrogen-bond acceptors (Lipinski definition) is 3. The molecule has 1 amide bonds. The normalized spacial score (nSPS) is 11.2. The van der Waals surface area contributed by atoms with E-state index in [-0.39, 0.29) is 11.4 Å². The second-order valence-corrected chi connectivity index (χ2v) is 5.89. The molecule has 4 nitrogen and oxygen atoms in total. The predicted molar refractivity (Wildman–Crippen MR) is 81.8 cm³/mol. The smallest absolute Gasteiger partial charge is 0.220 e. The van der Waals surface area contributed by atoms with Crippen molar-refractivity contribution in [2.75, 3.05) is 13.2 Å². The molecular weight excluding hydrogens is 252 g/mol. The Morgan fingerprint density at radius 3 is 2.75 bits per heavy atom. The zero-order chi connectivity index (χ0) is 15.0. The lowest BCUT2D eigenvalue weighted by Crippen LogP contribution is -2.45. The van der Waals surface area contributed by atoms with Crippen LogP contribution < -0.4 is 15.8 Å². The molecule has 3 N–H and O–H groups in total. The van der Waals surface area contributed by atoms with Crippen molar-refractivity contribution in [3.8, 4) is 5.75 Å². The van der Waals surface area contributed by atoms with Crippen molar-refractivity contribution in [1.82, 2.24) is 5.32 Å². The summed E-state index contributed by atoms with van der Waals surface area (Å²) < 4.78 is 5.63. The fourth-order valence-corrected chi connectivity index (χ4v) is 1.70. The summed E-state index contributed by atoms with van der Waals surface area (Å²) >= 11 is 0. The third kappa shape index (κ3) is 7.79. The third-order valence-electron chi connectivity index (χ3n) is 2.80. The molecule has 0 spiro atoms. The van der Waals surface area contributed by atoms with E-state index in [2.05, 4.69) is 5.32 Å². The van der Waals surface area contributed by atoms with Crippen LogP contribution in [0.25, 0.3) is 0 Å². The monoisotopic (exact) mass is 278 g/mol. The number of amides is 1. The standard InChI is InChI=1S/C16H26N2O2/c1-13-7-6-8-14(11-13)20-10-5-4-9-15(19)18-12-16(2,3)17/h6-8,11H,4-5,9-10,12,17H2,1-3H3,(H,18,19). The molecule has 0 aliphatic heterocycles. The van der Waals surface area contributed by atoms with Gasteiger partial charge >= 0.3 is 0 Å². The van der Waals surface area contributed by atoms with Crippen LogP contribution in [0.2, 0.25) is 0 Å². The van der Waals surface area contributed by atoms with Crippen LogP contribution in [0.3, 0.4) is 0 Å². The number of aryl methyl sites for hydroxylation is 1. The molecule has 1 aromatic carbocycles. The molecule has 0 bridgehead atoms. The number of rotatable bonds is 8. The molecule has 0 unspecified atom stereocenters. The maximum Gasteiger partial charge on any atom is 0.220 e. The lowest BCUT2D eigenvalue weighted by molar-refractivity contribution is -0.121. The predicted octanol–water partition coefficient (Wildman–Crippen LogP) is 2.40. The average molecular weight is 278 g/mol. The van der Waals surface area contributed by atoms with E-state index >= 15 is 0 Å². The second-order valence-electron chi connectivity index (χ2n) is 5.89. The summed E-state index contributed by atoms with van der Waals surface area (Å²) in [5, 5.41) is 2.83.